The van der Waals surface area contributed by atoms with Gasteiger partial charge >= 0.3 is 6.18 Å². The lowest BCUT2D eigenvalue weighted by atomic mass is 10.0. The topological polar surface area (TPSA) is 40.5 Å². The molecule has 0 saturated carbocycles. The van der Waals surface area contributed by atoms with Gasteiger partial charge in [0, 0.05) is 25.0 Å². The highest BCUT2D eigenvalue weighted by molar-refractivity contribution is 14.0. The molecule has 23 heavy (non-hydrogen) atoms. The Morgan fingerprint density at radius 3 is 2.83 bits per heavy atom. The van der Waals surface area contributed by atoms with Gasteiger partial charge < -0.3 is 10.2 Å². The van der Waals surface area contributed by atoms with Crippen molar-refractivity contribution in [2.24, 2.45) is 10.9 Å². The summed E-state index contributed by atoms with van der Waals surface area (Å²) in [6.07, 6.45) is -2.07. The molecule has 0 amide bonds. The molecule has 1 aliphatic heterocycles. The molecule has 1 aromatic heterocycles. The van der Waals surface area contributed by atoms with Crippen LogP contribution in [0.1, 0.15) is 37.4 Å². The number of halogens is 4. The van der Waals surface area contributed by atoms with Gasteiger partial charge in [-0.15, -0.1) is 35.3 Å². The number of aromatic nitrogens is 1. The van der Waals surface area contributed by atoms with E-state index in [1.807, 2.05) is 6.92 Å². The van der Waals surface area contributed by atoms with Crippen LogP contribution < -0.4 is 5.32 Å². The predicted molar refractivity (Wildman–Crippen MR) is 97.3 cm³/mol. The number of nitrogens with one attached hydrogen (secondary N) is 1. The molecule has 2 rings (SSSR count). The highest BCUT2D eigenvalue weighted by atomic mass is 127. The quantitative estimate of drug-likeness (QED) is 0.420. The zero-order valence-electron chi connectivity index (χ0n) is 13.2. The van der Waals surface area contributed by atoms with Gasteiger partial charge in [-0.3, -0.25) is 0 Å². The molecule has 132 valence electrons. The van der Waals surface area contributed by atoms with Crippen molar-refractivity contribution in [2.75, 3.05) is 19.6 Å². The number of hydrogen-bond acceptors (Lipinski definition) is 3. The van der Waals surface area contributed by atoms with Crippen molar-refractivity contribution in [1.29, 1.82) is 0 Å². The van der Waals surface area contributed by atoms with Crippen LogP contribution in [-0.2, 0) is 12.7 Å². The first-order valence-corrected chi connectivity index (χ1v) is 8.33. The van der Waals surface area contributed by atoms with Crippen molar-refractivity contribution in [1.82, 2.24) is 15.2 Å². The molecule has 0 bridgehead atoms. The van der Waals surface area contributed by atoms with Crippen LogP contribution in [0.3, 0.4) is 0 Å². The van der Waals surface area contributed by atoms with Crippen molar-refractivity contribution < 1.29 is 13.2 Å². The molecule has 0 aliphatic carbocycles. The van der Waals surface area contributed by atoms with Crippen molar-refractivity contribution in [3.8, 4) is 0 Å². The van der Waals surface area contributed by atoms with Crippen LogP contribution in [0, 0.1) is 5.92 Å². The molecule has 2 heterocycles. The van der Waals surface area contributed by atoms with Gasteiger partial charge in [-0.25, -0.2) is 9.98 Å². The van der Waals surface area contributed by atoms with Gasteiger partial charge in [-0.05, 0) is 25.7 Å². The minimum atomic E-state index is -4.38. The predicted octanol–water partition coefficient (Wildman–Crippen LogP) is 3.98. The zero-order valence-corrected chi connectivity index (χ0v) is 16.3. The maximum absolute atomic E-state index is 12.5. The SMILES string of the molecule is CCNC(=NCc1nc(C(F)(F)F)cs1)N1CCCC(C)C1.I. The Morgan fingerprint density at radius 1 is 1.52 bits per heavy atom. The molecule has 0 spiro atoms. The van der Waals surface area contributed by atoms with Crippen LogP contribution in [0.4, 0.5) is 13.2 Å². The van der Waals surface area contributed by atoms with E-state index in [2.05, 4.69) is 27.1 Å². The summed E-state index contributed by atoms with van der Waals surface area (Å²) < 4.78 is 37.6. The van der Waals surface area contributed by atoms with E-state index in [9.17, 15) is 13.2 Å². The lowest BCUT2D eigenvalue weighted by molar-refractivity contribution is -0.140. The van der Waals surface area contributed by atoms with Crippen molar-refractivity contribution in [3.05, 3.63) is 16.1 Å². The summed E-state index contributed by atoms with van der Waals surface area (Å²) in [6, 6.07) is 0. The molecule has 0 aromatic carbocycles. The van der Waals surface area contributed by atoms with E-state index in [4.69, 9.17) is 0 Å². The highest BCUT2D eigenvalue weighted by Gasteiger charge is 2.33. The van der Waals surface area contributed by atoms with Crippen molar-refractivity contribution in [3.63, 3.8) is 0 Å². The second kappa shape index (κ2) is 9.05. The van der Waals surface area contributed by atoms with Gasteiger partial charge in [-0.2, -0.15) is 13.2 Å². The summed E-state index contributed by atoms with van der Waals surface area (Å²) >= 11 is 0.999. The van der Waals surface area contributed by atoms with Crippen LogP contribution in [0.25, 0.3) is 0 Å². The van der Waals surface area contributed by atoms with Crippen LogP contribution in [0.2, 0.25) is 0 Å². The monoisotopic (exact) mass is 462 g/mol. The summed E-state index contributed by atoms with van der Waals surface area (Å²) in [5, 5.41) is 4.64. The van der Waals surface area contributed by atoms with E-state index in [1.165, 1.54) is 6.42 Å². The molecular formula is C14H22F3IN4S. The van der Waals surface area contributed by atoms with Crippen molar-refractivity contribution >= 4 is 41.3 Å². The maximum atomic E-state index is 12.5. The Morgan fingerprint density at radius 2 is 2.26 bits per heavy atom. The number of hydrogen-bond donors (Lipinski definition) is 1. The third kappa shape index (κ3) is 6.09. The summed E-state index contributed by atoms with van der Waals surface area (Å²) in [5.41, 5.74) is -0.834. The fraction of sp³-hybridized carbons (Fsp3) is 0.714. The molecule has 1 saturated heterocycles. The molecule has 1 N–H and O–H groups in total. The lowest BCUT2D eigenvalue weighted by Gasteiger charge is -2.33. The van der Waals surface area contributed by atoms with E-state index in [0.29, 0.717) is 10.9 Å². The fourth-order valence-corrected chi connectivity index (χ4v) is 3.19. The number of aliphatic imine (C=N–C) groups is 1. The third-order valence-electron chi connectivity index (χ3n) is 3.50. The Kier molecular flexibility index (Phi) is 8.05. The number of nitrogens with zero attached hydrogens (tertiary/aromatic N) is 3. The van der Waals surface area contributed by atoms with Gasteiger partial charge in [0.1, 0.15) is 5.01 Å². The first kappa shape index (κ1) is 20.5. The molecular weight excluding hydrogens is 440 g/mol. The number of alkyl halides is 3. The summed E-state index contributed by atoms with van der Waals surface area (Å²) in [5.74, 6) is 1.37. The molecule has 1 atom stereocenters. The average Bonchev–Trinajstić information content (AvgIpc) is 2.92. The highest BCUT2D eigenvalue weighted by Crippen LogP contribution is 2.30. The first-order chi connectivity index (χ1) is 10.4. The minimum Gasteiger partial charge on any atom is -0.357 e. The van der Waals surface area contributed by atoms with Crippen LogP contribution in [0.15, 0.2) is 10.4 Å². The van der Waals surface area contributed by atoms with Crippen LogP contribution in [-0.4, -0.2) is 35.5 Å². The Hall–Kier alpha value is -0.580. The van der Waals surface area contributed by atoms with Crippen LogP contribution >= 0.6 is 35.3 Å². The van der Waals surface area contributed by atoms with E-state index < -0.39 is 11.9 Å². The first-order valence-electron chi connectivity index (χ1n) is 7.45. The number of thiazole rings is 1. The number of piperidine rings is 1. The Balaban J connectivity index is 0.00000264. The van der Waals surface area contributed by atoms with Gasteiger partial charge in [0.15, 0.2) is 11.7 Å². The lowest BCUT2D eigenvalue weighted by Crippen LogP contribution is -2.46. The van der Waals surface area contributed by atoms with E-state index in [-0.39, 0.29) is 30.5 Å². The summed E-state index contributed by atoms with van der Waals surface area (Å²) in [4.78, 5) is 10.2. The number of rotatable bonds is 3. The summed E-state index contributed by atoms with van der Waals surface area (Å²) in [7, 11) is 0. The molecule has 0 radical (unpaired) electrons. The van der Waals surface area contributed by atoms with Gasteiger partial charge in [-0.1, -0.05) is 6.92 Å². The molecule has 4 nitrogen and oxygen atoms in total. The second-order valence-electron chi connectivity index (χ2n) is 5.49. The number of likely N-dealkylation sites (tertiary alicyclic amines) is 1. The Labute approximate surface area is 155 Å². The average molecular weight is 462 g/mol. The maximum Gasteiger partial charge on any atom is 0.434 e. The molecule has 1 aliphatic rings. The number of guanidine groups is 1. The van der Waals surface area contributed by atoms with E-state index in [0.717, 1.165) is 48.7 Å². The largest absolute Gasteiger partial charge is 0.434 e. The second-order valence-corrected chi connectivity index (χ2v) is 6.43. The zero-order chi connectivity index (χ0) is 16.2. The van der Waals surface area contributed by atoms with E-state index in [1.54, 1.807) is 0 Å². The summed E-state index contributed by atoms with van der Waals surface area (Å²) in [6.45, 7) is 6.95. The van der Waals surface area contributed by atoms with Gasteiger partial charge in [0.2, 0.25) is 0 Å². The van der Waals surface area contributed by atoms with Gasteiger partial charge in [0.05, 0.1) is 6.54 Å². The normalized spacial score (nSPS) is 19.4. The third-order valence-corrected chi connectivity index (χ3v) is 4.33. The molecule has 1 aromatic rings. The molecule has 1 unspecified atom stereocenters. The van der Waals surface area contributed by atoms with E-state index >= 15 is 0 Å². The van der Waals surface area contributed by atoms with Crippen LogP contribution in [0.5, 0.6) is 0 Å². The van der Waals surface area contributed by atoms with Crippen molar-refractivity contribution in [2.45, 2.75) is 39.4 Å². The van der Waals surface area contributed by atoms with Gasteiger partial charge in [0.25, 0.3) is 0 Å². The Bertz CT molecular complexity index is 518. The molecule has 9 heteroatoms. The smallest absolute Gasteiger partial charge is 0.357 e. The standard InChI is InChI=1S/C14H21F3N4S.HI/c1-3-18-13(21-6-4-5-10(2)8-21)19-7-12-20-11(9-22-12)14(15,16)17;/h9-10H,3-8H2,1-2H3,(H,18,19);1H. The fourth-order valence-electron chi connectivity index (χ4n) is 2.46. The molecule has 1 fully saturated rings. The minimum absolute atomic E-state index is 0.